The van der Waals surface area contributed by atoms with Gasteiger partial charge in [-0.3, -0.25) is 4.79 Å². The van der Waals surface area contributed by atoms with Crippen LogP contribution >= 0.6 is 11.6 Å². The number of nitrogens with zero attached hydrogens (tertiary/aromatic N) is 1. The largest absolute Gasteiger partial charge is 0.351 e. The summed E-state index contributed by atoms with van der Waals surface area (Å²) in [5.41, 5.74) is 3.84. The molecule has 33 heavy (non-hydrogen) atoms. The van der Waals surface area contributed by atoms with Crippen molar-refractivity contribution >= 4 is 17.5 Å². The van der Waals surface area contributed by atoms with Gasteiger partial charge < -0.3 is 10.2 Å². The van der Waals surface area contributed by atoms with E-state index < -0.39 is 0 Å². The average Bonchev–Trinajstić information content (AvgIpc) is 2.80. The second-order valence-electron chi connectivity index (χ2n) is 10.2. The third kappa shape index (κ3) is 8.15. The molecular formula is C29H43ClN2O. The number of likely N-dealkylation sites (N-methyl/N-ethyl adjacent to an activating group) is 1. The van der Waals surface area contributed by atoms with E-state index in [0.29, 0.717) is 23.8 Å². The van der Waals surface area contributed by atoms with Crippen molar-refractivity contribution in [2.45, 2.75) is 71.1 Å². The summed E-state index contributed by atoms with van der Waals surface area (Å²) in [6, 6.07) is 16.4. The highest BCUT2D eigenvalue weighted by atomic mass is 35.5. The molecule has 0 bridgehead atoms. The molecule has 0 spiro atoms. The molecule has 3 nitrogen and oxygen atoms in total. The molecule has 1 aliphatic rings. The summed E-state index contributed by atoms with van der Waals surface area (Å²) in [4.78, 5) is 13.9. The van der Waals surface area contributed by atoms with Crippen molar-refractivity contribution in [2.75, 3.05) is 27.2 Å². The Hall–Kier alpha value is -1.84. The van der Waals surface area contributed by atoms with Crippen molar-refractivity contribution in [2.24, 2.45) is 5.92 Å². The first-order valence-electron chi connectivity index (χ1n) is 12.4. The predicted molar refractivity (Wildman–Crippen MR) is 142 cm³/mol. The number of nitrogens with one attached hydrogen (secondary N) is 1. The van der Waals surface area contributed by atoms with Gasteiger partial charge in [-0.2, -0.15) is 0 Å². The fourth-order valence-corrected chi connectivity index (χ4v) is 4.82. The minimum absolute atomic E-state index is 0.00866. The summed E-state index contributed by atoms with van der Waals surface area (Å²) in [6.07, 6.45) is 6.84. The maximum atomic E-state index is 11.9. The molecule has 1 saturated carbocycles. The van der Waals surface area contributed by atoms with Crippen LogP contribution in [-0.2, 0) is 5.41 Å². The topological polar surface area (TPSA) is 32.3 Å². The molecule has 1 amide bonds. The molecule has 0 saturated heterocycles. The van der Waals surface area contributed by atoms with Gasteiger partial charge in [-0.25, -0.2) is 0 Å². The Balaban J connectivity index is 0.000000234. The molecule has 0 aromatic heterocycles. The van der Waals surface area contributed by atoms with E-state index in [1.54, 1.807) is 0 Å². The van der Waals surface area contributed by atoms with E-state index >= 15 is 0 Å². The molecule has 2 aromatic rings. The maximum Gasteiger partial charge on any atom is 0.251 e. The number of carbonyl (C=O) groups excluding carboxylic acids is 1. The quantitative estimate of drug-likeness (QED) is 0.460. The molecule has 1 fully saturated rings. The van der Waals surface area contributed by atoms with Gasteiger partial charge in [0, 0.05) is 23.7 Å². The lowest BCUT2D eigenvalue weighted by atomic mass is 9.63. The zero-order chi connectivity index (χ0) is 24.4. The number of amides is 1. The molecule has 4 heteroatoms. The SMILES string of the molecule is CC(C)C1(c2ccc(Cl)cc2)CCCCC1.CC(C)c1cccc(C(=O)NCCN(C)C)c1. The summed E-state index contributed by atoms with van der Waals surface area (Å²) in [7, 11) is 3.98. The summed E-state index contributed by atoms with van der Waals surface area (Å²) in [6.45, 7) is 10.5. The van der Waals surface area contributed by atoms with E-state index in [1.165, 1.54) is 43.2 Å². The van der Waals surface area contributed by atoms with Crippen molar-refractivity contribution in [1.29, 1.82) is 0 Å². The molecule has 0 radical (unpaired) electrons. The van der Waals surface area contributed by atoms with Gasteiger partial charge in [-0.1, -0.05) is 82.8 Å². The first-order chi connectivity index (χ1) is 15.7. The van der Waals surface area contributed by atoms with Gasteiger partial charge in [0.05, 0.1) is 0 Å². The Morgan fingerprint density at radius 1 is 1.00 bits per heavy atom. The predicted octanol–water partition coefficient (Wildman–Crippen LogP) is 7.30. The molecule has 1 aliphatic carbocycles. The summed E-state index contributed by atoms with van der Waals surface area (Å²) in [5.74, 6) is 1.17. The van der Waals surface area contributed by atoms with Crippen molar-refractivity contribution in [1.82, 2.24) is 10.2 Å². The lowest BCUT2D eigenvalue weighted by Crippen LogP contribution is -2.34. The zero-order valence-corrected chi connectivity index (χ0v) is 22.2. The van der Waals surface area contributed by atoms with E-state index in [9.17, 15) is 4.79 Å². The molecule has 2 aromatic carbocycles. The third-order valence-corrected chi connectivity index (χ3v) is 7.18. The van der Waals surface area contributed by atoms with E-state index in [2.05, 4.69) is 51.2 Å². The van der Waals surface area contributed by atoms with Crippen LogP contribution in [0.25, 0.3) is 0 Å². The van der Waals surface area contributed by atoms with E-state index in [0.717, 1.165) is 17.1 Å². The second kappa shape index (κ2) is 13.2. The van der Waals surface area contributed by atoms with Crippen molar-refractivity contribution in [3.63, 3.8) is 0 Å². The fraction of sp³-hybridized carbons (Fsp3) is 0.552. The maximum absolute atomic E-state index is 11.9. The monoisotopic (exact) mass is 470 g/mol. The second-order valence-corrected chi connectivity index (χ2v) is 10.7. The van der Waals surface area contributed by atoms with Gasteiger partial charge in [-0.05, 0) is 79.6 Å². The third-order valence-electron chi connectivity index (χ3n) is 6.93. The van der Waals surface area contributed by atoms with Gasteiger partial charge in [0.1, 0.15) is 0 Å². The summed E-state index contributed by atoms with van der Waals surface area (Å²) < 4.78 is 0. The minimum atomic E-state index is 0.00866. The number of rotatable bonds is 7. The smallest absolute Gasteiger partial charge is 0.251 e. The van der Waals surface area contributed by atoms with Crippen LogP contribution in [0, 0.1) is 5.92 Å². The van der Waals surface area contributed by atoms with E-state index in [1.807, 2.05) is 49.3 Å². The van der Waals surface area contributed by atoms with Crippen LogP contribution in [0.3, 0.4) is 0 Å². The van der Waals surface area contributed by atoms with Gasteiger partial charge in [0.2, 0.25) is 0 Å². The zero-order valence-electron chi connectivity index (χ0n) is 21.5. The summed E-state index contributed by atoms with van der Waals surface area (Å²) in [5, 5.41) is 3.76. The van der Waals surface area contributed by atoms with Crippen LogP contribution in [-0.4, -0.2) is 38.0 Å². The first-order valence-corrected chi connectivity index (χ1v) is 12.8. The molecule has 0 atom stereocenters. The van der Waals surface area contributed by atoms with Crippen LogP contribution in [0.15, 0.2) is 48.5 Å². The standard InChI is InChI=1S/C15H21Cl.C14H22N2O/c1-12(2)15(10-4-3-5-11-15)13-6-8-14(16)9-7-13;1-11(2)12-6-5-7-13(10-12)14(17)15-8-9-16(3)4/h6-9,12H,3-5,10-11H2,1-2H3;5-7,10-11H,8-9H2,1-4H3,(H,15,17). The van der Waals surface area contributed by atoms with Gasteiger partial charge in [0.15, 0.2) is 0 Å². The lowest BCUT2D eigenvalue weighted by molar-refractivity contribution is 0.0951. The number of halogens is 1. The number of hydrogen-bond donors (Lipinski definition) is 1. The van der Waals surface area contributed by atoms with Crippen LogP contribution in [0.2, 0.25) is 5.02 Å². The number of benzene rings is 2. The Labute approximate surface area is 206 Å². The van der Waals surface area contributed by atoms with Crippen LogP contribution in [0.4, 0.5) is 0 Å². The molecule has 1 N–H and O–H groups in total. The van der Waals surface area contributed by atoms with Crippen LogP contribution in [0.1, 0.15) is 87.2 Å². The van der Waals surface area contributed by atoms with Gasteiger partial charge in [-0.15, -0.1) is 0 Å². The van der Waals surface area contributed by atoms with Crippen LogP contribution < -0.4 is 5.32 Å². The van der Waals surface area contributed by atoms with Crippen molar-refractivity contribution < 1.29 is 4.79 Å². The summed E-state index contributed by atoms with van der Waals surface area (Å²) >= 11 is 5.98. The van der Waals surface area contributed by atoms with E-state index in [4.69, 9.17) is 11.6 Å². The average molecular weight is 471 g/mol. The Bertz CT molecular complexity index is 852. The number of carbonyl (C=O) groups is 1. The van der Waals surface area contributed by atoms with E-state index in [-0.39, 0.29) is 5.91 Å². The van der Waals surface area contributed by atoms with Crippen molar-refractivity contribution in [3.05, 3.63) is 70.2 Å². The Kier molecular flexibility index (Phi) is 10.9. The molecular weight excluding hydrogens is 428 g/mol. The van der Waals surface area contributed by atoms with Gasteiger partial charge in [0.25, 0.3) is 5.91 Å². The molecule has 0 heterocycles. The fourth-order valence-electron chi connectivity index (χ4n) is 4.70. The molecule has 3 rings (SSSR count). The molecule has 182 valence electrons. The van der Waals surface area contributed by atoms with Crippen LogP contribution in [0.5, 0.6) is 0 Å². The Morgan fingerprint density at radius 3 is 2.18 bits per heavy atom. The Morgan fingerprint density at radius 2 is 1.64 bits per heavy atom. The highest BCUT2D eigenvalue weighted by Gasteiger charge is 2.36. The normalized spacial score (nSPS) is 15.3. The molecule has 0 unspecified atom stereocenters. The first kappa shape index (κ1) is 27.4. The number of hydrogen-bond acceptors (Lipinski definition) is 2. The minimum Gasteiger partial charge on any atom is -0.351 e. The van der Waals surface area contributed by atoms with Gasteiger partial charge >= 0.3 is 0 Å². The highest BCUT2D eigenvalue weighted by Crippen LogP contribution is 2.45. The molecule has 0 aliphatic heterocycles. The lowest BCUT2D eigenvalue weighted by Gasteiger charge is -2.41. The van der Waals surface area contributed by atoms with Crippen molar-refractivity contribution in [3.8, 4) is 0 Å². The highest BCUT2D eigenvalue weighted by molar-refractivity contribution is 6.30.